The van der Waals surface area contributed by atoms with E-state index in [4.69, 9.17) is 0 Å². The van der Waals surface area contributed by atoms with Crippen LogP contribution in [0.1, 0.15) is 22.7 Å². The summed E-state index contributed by atoms with van der Waals surface area (Å²) >= 11 is 0. The molecule has 0 radical (unpaired) electrons. The molecule has 1 atom stereocenters. The fourth-order valence-corrected chi connectivity index (χ4v) is 3.64. The number of amides is 1. The Hall–Kier alpha value is -3.32. The van der Waals surface area contributed by atoms with Crippen molar-refractivity contribution in [2.24, 2.45) is 0 Å². The van der Waals surface area contributed by atoms with E-state index in [-0.39, 0.29) is 11.9 Å². The summed E-state index contributed by atoms with van der Waals surface area (Å²) in [6, 6.07) is 13.8. The number of rotatable bonds is 6. The molecule has 1 aliphatic heterocycles. The summed E-state index contributed by atoms with van der Waals surface area (Å²) in [6.07, 6.45) is 7.03. The van der Waals surface area contributed by atoms with Crippen molar-refractivity contribution in [3.8, 4) is 0 Å². The first-order chi connectivity index (χ1) is 14.7. The first-order valence-corrected chi connectivity index (χ1v) is 10.2. The van der Waals surface area contributed by atoms with E-state index in [1.165, 1.54) is 5.56 Å². The van der Waals surface area contributed by atoms with Crippen molar-refractivity contribution in [2.75, 3.05) is 37.6 Å². The molecule has 1 aliphatic rings. The number of pyridine rings is 1. The molecule has 1 aromatic carbocycles. The molecule has 7 nitrogen and oxygen atoms in total. The Morgan fingerprint density at radius 2 is 1.57 bits per heavy atom. The second kappa shape index (κ2) is 9.45. The van der Waals surface area contributed by atoms with Crippen LogP contribution in [-0.4, -0.2) is 58.5 Å². The van der Waals surface area contributed by atoms with E-state index < -0.39 is 0 Å². The van der Waals surface area contributed by atoms with E-state index in [1.807, 2.05) is 18.2 Å². The number of hydrogen-bond donors (Lipinski definition) is 1. The summed E-state index contributed by atoms with van der Waals surface area (Å²) in [6.45, 7) is 5.65. The van der Waals surface area contributed by atoms with Crippen LogP contribution < -0.4 is 10.2 Å². The van der Waals surface area contributed by atoms with Gasteiger partial charge in [-0.15, -0.1) is 0 Å². The SMILES string of the molecule is Cc1ccc([C@@H](NC(=O)CN2CCN(c3ncccn3)CC2)c2ccncc2)cc1. The van der Waals surface area contributed by atoms with Crippen molar-refractivity contribution in [3.63, 3.8) is 0 Å². The maximum atomic E-state index is 12.9. The van der Waals surface area contributed by atoms with Gasteiger partial charge in [0.05, 0.1) is 12.6 Å². The van der Waals surface area contributed by atoms with Gasteiger partial charge in [0.1, 0.15) is 0 Å². The minimum Gasteiger partial charge on any atom is -0.344 e. The summed E-state index contributed by atoms with van der Waals surface area (Å²) in [5.74, 6) is 0.764. The minimum absolute atomic E-state index is 0.0156. The Morgan fingerprint density at radius 1 is 0.933 bits per heavy atom. The number of hydrogen-bond acceptors (Lipinski definition) is 6. The smallest absolute Gasteiger partial charge is 0.234 e. The summed E-state index contributed by atoms with van der Waals surface area (Å²) in [5.41, 5.74) is 3.28. The highest BCUT2D eigenvalue weighted by molar-refractivity contribution is 5.79. The van der Waals surface area contributed by atoms with Crippen LogP contribution in [0.3, 0.4) is 0 Å². The lowest BCUT2D eigenvalue weighted by Crippen LogP contribution is -2.50. The van der Waals surface area contributed by atoms with Gasteiger partial charge in [0.25, 0.3) is 0 Å². The molecule has 0 bridgehead atoms. The molecular weight excluding hydrogens is 376 g/mol. The lowest BCUT2D eigenvalue weighted by atomic mass is 9.98. The number of aromatic nitrogens is 3. The zero-order valence-electron chi connectivity index (χ0n) is 17.1. The zero-order chi connectivity index (χ0) is 20.8. The Labute approximate surface area is 176 Å². The van der Waals surface area contributed by atoms with E-state index in [1.54, 1.807) is 24.8 Å². The third kappa shape index (κ3) is 4.99. The molecule has 4 rings (SSSR count). The van der Waals surface area contributed by atoms with Crippen molar-refractivity contribution in [2.45, 2.75) is 13.0 Å². The quantitative estimate of drug-likeness (QED) is 0.681. The second-order valence-electron chi connectivity index (χ2n) is 7.50. The Morgan fingerprint density at radius 3 is 2.23 bits per heavy atom. The number of aryl methyl sites for hydroxylation is 1. The molecule has 3 heterocycles. The van der Waals surface area contributed by atoms with Gasteiger partial charge in [0, 0.05) is 51.0 Å². The average molecular weight is 403 g/mol. The number of benzene rings is 1. The van der Waals surface area contributed by atoms with Gasteiger partial charge in [0.15, 0.2) is 0 Å². The monoisotopic (exact) mass is 402 g/mol. The topological polar surface area (TPSA) is 74.2 Å². The van der Waals surface area contributed by atoms with Crippen molar-refractivity contribution >= 4 is 11.9 Å². The largest absolute Gasteiger partial charge is 0.344 e. The fourth-order valence-electron chi connectivity index (χ4n) is 3.64. The van der Waals surface area contributed by atoms with Crippen LogP contribution in [0.5, 0.6) is 0 Å². The minimum atomic E-state index is -0.194. The zero-order valence-corrected chi connectivity index (χ0v) is 17.1. The lowest BCUT2D eigenvalue weighted by Gasteiger charge is -2.34. The van der Waals surface area contributed by atoms with E-state index in [0.717, 1.165) is 43.3 Å². The Bertz CT molecular complexity index is 940. The van der Waals surface area contributed by atoms with Gasteiger partial charge in [-0.2, -0.15) is 0 Å². The summed E-state index contributed by atoms with van der Waals surface area (Å²) in [7, 11) is 0. The van der Waals surface area contributed by atoms with Gasteiger partial charge in [0.2, 0.25) is 11.9 Å². The number of nitrogens with zero attached hydrogens (tertiary/aromatic N) is 5. The molecule has 1 amide bonds. The molecule has 0 aliphatic carbocycles. The Balaban J connectivity index is 1.38. The van der Waals surface area contributed by atoms with E-state index in [2.05, 4.69) is 61.3 Å². The number of carbonyl (C=O) groups is 1. The Kier molecular flexibility index (Phi) is 6.29. The molecule has 3 aromatic rings. The van der Waals surface area contributed by atoms with Crippen LogP contribution in [0.15, 0.2) is 67.3 Å². The highest BCUT2D eigenvalue weighted by atomic mass is 16.2. The van der Waals surface area contributed by atoms with Gasteiger partial charge >= 0.3 is 0 Å². The maximum Gasteiger partial charge on any atom is 0.234 e. The van der Waals surface area contributed by atoms with E-state index in [0.29, 0.717) is 6.54 Å². The molecule has 1 saturated heterocycles. The molecule has 2 aromatic heterocycles. The standard InChI is InChI=1S/C23H26N6O/c1-18-3-5-19(6-4-18)22(20-7-11-24-12-8-20)27-21(30)17-28-13-15-29(16-14-28)23-25-9-2-10-26-23/h2-12,22H,13-17H2,1H3,(H,27,30)/t22-/m1/s1. The first kappa shape index (κ1) is 20.0. The number of piperazine rings is 1. The lowest BCUT2D eigenvalue weighted by molar-refractivity contribution is -0.122. The fraction of sp³-hybridized carbons (Fsp3) is 0.304. The number of nitrogens with one attached hydrogen (secondary N) is 1. The summed E-state index contributed by atoms with van der Waals surface area (Å²) in [5, 5.41) is 3.21. The normalized spacial score (nSPS) is 15.6. The second-order valence-corrected chi connectivity index (χ2v) is 7.50. The van der Waals surface area contributed by atoms with Gasteiger partial charge in [-0.3, -0.25) is 14.7 Å². The molecular formula is C23H26N6O. The molecule has 7 heteroatoms. The van der Waals surface area contributed by atoms with E-state index >= 15 is 0 Å². The molecule has 0 saturated carbocycles. The molecule has 1 fully saturated rings. The van der Waals surface area contributed by atoms with Crippen LogP contribution in [0.2, 0.25) is 0 Å². The average Bonchev–Trinajstić information content (AvgIpc) is 2.80. The van der Waals surface area contributed by atoms with Crippen LogP contribution in [-0.2, 0) is 4.79 Å². The van der Waals surface area contributed by atoms with Crippen LogP contribution in [0.25, 0.3) is 0 Å². The molecule has 30 heavy (non-hydrogen) atoms. The van der Waals surface area contributed by atoms with Crippen molar-refractivity contribution < 1.29 is 4.79 Å². The number of anilines is 1. The van der Waals surface area contributed by atoms with Crippen molar-refractivity contribution in [1.29, 1.82) is 0 Å². The summed E-state index contributed by atoms with van der Waals surface area (Å²) < 4.78 is 0. The van der Waals surface area contributed by atoms with Crippen LogP contribution >= 0.6 is 0 Å². The maximum absolute atomic E-state index is 12.9. The van der Waals surface area contributed by atoms with E-state index in [9.17, 15) is 4.79 Å². The predicted molar refractivity (Wildman–Crippen MR) is 116 cm³/mol. The summed E-state index contributed by atoms with van der Waals surface area (Å²) in [4.78, 5) is 29.9. The van der Waals surface area contributed by atoms with Crippen molar-refractivity contribution in [3.05, 3.63) is 83.9 Å². The molecule has 0 unspecified atom stereocenters. The van der Waals surface area contributed by atoms with Gasteiger partial charge < -0.3 is 10.2 Å². The van der Waals surface area contributed by atoms with Gasteiger partial charge in [-0.1, -0.05) is 29.8 Å². The van der Waals surface area contributed by atoms with Gasteiger partial charge in [-0.25, -0.2) is 9.97 Å². The number of carbonyl (C=O) groups excluding carboxylic acids is 1. The first-order valence-electron chi connectivity index (χ1n) is 10.2. The predicted octanol–water partition coefficient (Wildman–Crippen LogP) is 2.21. The van der Waals surface area contributed by atoms with Crippen molar-refractivity contribution in [1.82, 2.24) is 25.2 Å². The van der Waals surface area contributed by atoms with Gasteiger partial charge in [-0.05, 0) is 36.2 Å². The highest BCUT2D eigenvalue weighted by Gasteiger charge is 2.22. The van der Waals surface area contributed by atoms with Crippen LogP contribution in [0, 0.1) is 6.92 Å². The molecule has 0 spiro atoms. The molecule has 154 valence electrons. The highest BCUT2D eigenvalue weighted by Crippen LogP contribution is 2.22. The molecule has 1 N–H and O–H groups in total. The third-order valence-corrected chi connectivity index (χ3v) is 5.33. The third-order valence-electron chi connectivity index (χ3n) is 5.33. The van der Waals surface area contributed by atoms with Crippen LogP contribution in [0.4, 0.5) is 5.95 Å².